The van der Waals surface area contributed by atoms with Gasteiger partial charge in [0, 0.05) is 5.56 Å². The van der Waals surface area contributed by atoms with E-state index in [1.807, 2.05) is 0 Å². The molecule has 1 heterocycles. The maximum Gasteiger partial charge on any atom is 0.0989 e. The molecule has 0 N–H and O–H groups in total. The zero-order valence-electron chi connectivity index (χ0n) is 3.55. The van der Waals surface area contributed by atoms with Crippen molar-refractivity contribution < 1.29 is 4.42 Å². The van der Waals surface area contributed by atoms with Crippen LogP contribution in [0.5, 0.6) is 0 Å². The Bertz CT molecular complexity index is 143. The SMILES string of the molecule is S=[C]c1ccoc1. The van der Waals surface area contributed by atoms with Crippen molar-refractivity contribution in [3.05, 3.63) is 24.2 Å². The molecule has 0 aromatic carbocycles. The van der Waals surface area contributed by atoms with E-state index < -0.39 is 0 Å². The van der Waals surface area contributed by atoms with Crippen LogP contribution in [0.25, 0.3) is 0 Å². The van der Waals surface area contributed by atoms with Crippen LogP contribution in [0.2, 0.25) is 0 Å². The third-order valence-electron chi connectivity index (χ3n) is 0.639. The molecule has 0 spiro atoms. The van der Waals surface area contributed by atoms with E-state index in [9.17, 15) is 0 Å². The summed E-state index contributed by atoms with van der Waals surface area (Å²) in [5.41, 5.74) is 0.829. The van der Waals surface area contributed by atoms with E-state index in [0.717, 1.165) is 5.56 Å². The molecule has 1 aromatic rings. The van der Waals surface area contributed by atoms with Crippen LogP contribution < -0.4 is 0 Å². The lowest BCUT2D eigenvalue weighted by Crippen LogP contribution is -1.62. The fraction of sp³-hybridized carbons (Fsp3) is 0. The van der Waals surface area contributed by atoms with E-state index in [-0.39, 0.29) is 0 Å². The lowest BCUT2D eigenvalue weighted by Gasteiger charge is -1.65. The standard InChI is InChI=1S/C5H3OS/c7-4-5-1-2-6-3-5/h1-3H. The molecule has 1 nitrogen and oxygen atoms in total. The summed E-state index contributed by atoms with van der Waals surface area (Å²) in [6.07, 6.45) is 3.11. The van der Waals surface area contributed by atoms with Gasteiger partial charge in [-0.05, 0) is 6.07 Å². The molecule has 0 aliphatic heterocycles. The molecule has 0 aliphatic rings. The van der Waals surface area contributed by atoms with Gasteiger partial charge in [0.25, 0.3) is 0 Å². The molecule has 0 aliphatic carbocycles. The van der Waals surface area contributed by atoms with Crippen molar-refractivity contribution in [3.8, 4) is 0 Å². The second kappa shape index (κ2) is 1.89. The van der Waals surface area contributed by atoms with Crippen molar-refractivity contribution in [1.29, 1.82) is 0 Å². The minimum absolute atomic E-state index is 0.829. The van der Waals surface area contributed by atoms with Crippen LogP contribution in [0, 0.1) is 0 Å². The van der Waals surface area contributed by atoms with Gasteiger partial charge in [0.2, 0.25) is 0 Å². The summed E-state index contributed by atoms with van der Waals surface area (Å²) in [6.45, 7) is 0. The summed E-state index contributed by atoms with van der Waals surface area (Å²) in [6, 6.07) is 1.76. The number of hydrogen-bond acceptors (Lipinski definition) is 2. The Morgan fingerprint density at radius 2 is 2.57 bits per heavy atom. The predicted octanol–water partition coefficient (Wildman–Crippen LogP) is 1.50. The highest BCUT2D eigenvalue weighted by Crippen LogP contribution is 1.93. The van der Waals surface area contributed by atoms with E-state index in [1.165, 1.54) is 0 Å². The first-order valence-electron chi connectivity index (χ1n) is 1.84. The Morgan fingerprint density at radius 3 is 2.86 bits per heavy atom. The lowest BCUT2D eigenvalue weighted by atomic mass is 10.4. The normalized spacial score (nSPS) is 8.57. The minimum Gasteiger partial charge on any atom is -0.472 e. The minimum atomic E-state index is 0.829. The summed E-state index contributed by atoms with van der Waals surface area (Å²) >= 11 is 4.46. The van der Waals surface area contributed by atoms with Crippen molar-refractivity contribution in [2.45, 2.75) is 0 Å². The van der Waals surface area contributed by atoms with Gasteiger partial charge in [0.15, 0.2) is 0 Å². The summed E-state index contributed by atoms with van der Waals surface area (Å²) in [5.74, 6) is 0. The van der Waals surface area contributed by atoms with E-state index in [1.54, 1.807) is 18.6 Å². The molecule has 0 saturated carbocycles. The van der Waals surface area contributed by atoms with Crippen LogP contribution in [0.1, 0.15) is 5.56 Å². The molecule has 2 heteroatoms. The Kier molecular flexibility index (Phi) is 1.22. The predicted molar refractivity (Wildman–Crippen MR) is 30.4 cm³/mol. The highest BCUT2D eigenvalue weighted by atomic mass is 32.1. The smallest absolute Gasteiger partial charge is 0.0989 e. The van der Waals surface area contributed by atoms with Crippen LogP contribution in [0.4, 0.5) is 0 Å². The molecule has 0 fully saturated rings. The highest BCUT2D eigenvalue weighted by Gasteiger charge is 1.82. The Balaban J connectivity index is 2.96. The van der Waals surface area contributed by atoms with E-state index >= 15 is 0 Å². The first-order chi connectivity index (χ1) is 3.43. The van der Waals surface area contributed by atoms with Gasteiger partial charge in [-0.25, -0.2) is 0 Å². The van der Waals surface area contributed by atoms with E-state index in [0.29, 0.717) is 0 Å². The molecule has 1 radical (unpaired) electrons. The summed E-state index contributed by atoms with van der Waals surface area (Å²) in [5, 5.41) is 2.50. The van der Waals surface area contributed by atoms with Crippen molar-refractivity contribution in [2.24, 2.45) is 0 Å². The van der Waals surface area contributed by atoms with Crippen molar-refractivity contribution >= 4 is 17.6 Å². The molecule has 0 amide bonds. The van der Waals surface area contributed by atoms with E-state index in [4.69, 9.17) is 0 Å². The monoisotopic (exact) mass is 111 g/mol. The molecule has 7 heavy (non-hydrogen) atoms. The average molecular weight is 111 g/mol. The van der Waals surface area contributed by atoms with Crippen molar-refractivity contribution in [3.63, 3.8) is 0 Å². The zero-order valence-corrected chi connectivity index (χ0v) is 4.37. The van der Waals surface area contributed by atoms with Gasteiger partial charge in [0.05, 0.1) is 17.9 Å². The maximum atomic E-state index is 4.68. The van der Waals surface area contributed by atoms with Gasteiger partial charge < -0.3 is 4.42 Å². The van der Waals surface area contributed by atoms with Gasteiger partial charge in [-0.3, -0.25) is 0 Å². The molecule has 35 valence electrons. The quantitative estimate of drug-likeness (QED) is 0.509. The summed E-state index contributed by atoms with van der Waals surface area (Å²) in [7, 11) is 0. The van der Waals surface area contributed by atoms with Gasteiger partial charge in [0.1, 0.15) is 0 Å². The zero-order chi connectivity index (χ0) is 5.11. The molecule has 0 unspecified atom stereocenters. The number of rotatable bonds is 1. The fourth-order valence-corrected chi connectivity index (χ4v) is 0.439. The molecule has 1 aromatic heterocycles. The van der Waals surface area contributed by atoms with Crippen LogP contribution >= 0.6 is 12.2 Å². The molecule has 1 rings (SSSR count). The van der Waals surface area contributed by atoms with Crippen LogP contribution in [-0.4, -0.2) is 5.37 Å². The first kappa shape index (κ1) is 4.53. The van der Waals surface area contributed by atoms with E-state index in [2.05, 4.69) is 22.0 Å². The molecular formula is C5H3OS. The second-order valence-corrected chi connectivity index (χ2v) is 1.32. The summed E-state index contributed by atoms with van der Waals surface area (Å²) in [4.78, 5) is 0. The van der Waals surface area contributed by atoms with Gasteiger partial charge in [-0.15, -0.1) is 0 Å². The number of hydrogen-bond donors (Lipinski definition) is 0. The largest absolute Gasteiger partial charge is 0.472 e. The Labute approximate surface area is 46.9 Å². The Morgan fingerprint density at radius 1 is 1.71 bits per heavy atom. The highest BCUT2D eigenvalue weighted by molar-refractivity contribution is 7.79. The summed E-state index contributed by atoms with van der Waals surface area (Å²) < 4.78 is 4.68. The topological polar surface area (TPSA) is 13.1 Å². The van der Waals surface area contributed by atoms with Crippen molar-refractivity contribution in [1.82, 2.24) is 0 Å². The Hall–Kier alpha value is -0.630. The van der Waals surface area contributed by atoms with Crippen LogP contribution in [0.3, 0.4) is 0 Å². The third-order valence-corrected chi connectivity index (χ3v) is 0.875. The number of furan rings is 1. The van der Waals surface area contributed by atoms with Crippen LogP contribution in [-0.2, 0) is 0 Å². The van der Waals surface area contributed by atoms with Crippen LogP contribution in [0.15, 0.2) is 23.0 Å². The van der Waals surface area contributed by atoms with Gasteiger partial charge >= 0.3 is 0 Å². The maximum absolute atomic E-state index is 4.68. The number of thiocarbonyl (C=S) groups is 1. The second-order valence-electron chi connectivity index (χ2n) is 1.11. The average Bonchev–Trinajstić information content (AvgIpc) is 2.14. The van der Waals surface area contributed by atoms with Crippen molar-refractivity contribution in [2.75, 3.05) is 0 Å². The molecule has 0 atom stereocenters. The third kappa shape index (κ3) is 0.871. The molecular weight excluding hydrogens is 108 g/mol. The first-order valence-corrected chi connectivity index (χ1v) is 2.24. The fourth-order valence-electron chi connectivity index (χ4n) is 0.323. The van der Waals surface area contributed by atoms with Gasteiger partial charge in [-0.2, -0.15) is 0 Å². The lowest BCUT2D eigenvalue weighted by molar-refractivity contribution is 0.567. The molecule has 0 saturated heterocycles. The van der Waals surface area contributed by atoms with Gasteiger partial charge in [-0.1, -0.05) is 12.2 Å². The molecule has 0 bridgehead atoms.